The summed E-state index contributed by atoms with van der Waals surface area (Å²) in [6.07, 6.45) is 4.08. The van der Waals surface area contributed by atoms with E-state index in [4.69, 9.17) is 0 Å². The van der Waals surface area contributed by atoms with E-state index in [1.807, 2.05) is 12.5 Å². The zero-order valence-electron chi connectivity index (χ0n) is 4.42. The zero-order valence-corrected chi connectivity index (χ0v) is 11.6. The topological polar surface area (TPSA) is 0 Å². The second-order valence-corrected chi connectivity index (χ2v) is 12.8. The molecular weight excluding hydrogens is 388 g/mol. The van der Waals surface area contributed by atoms with Crippen LogP contribution in [0.5, 0.6) is 0 Å². The first kappa shape index (κ1) is 12.9. The maximum Gasteiger partial charge on any atom is 0.189 e. The molecule has 0 unspecified atom stereocenters. The van der Waals surface area contributed by atoms with Gasteiger partial charge in [0.25, 0.3) is 0 Å². The first-order chi connectivity index (χ1) is 3.41. The lowest BCUT2D eigenvalue weighted by Crippen LogP contribution is -1.75. The number of thioether (sulfide) groups is 1. The Balaban J connectivity index is 0. The van der Waals surface area contributed by atoms with Gasteiger partial charge >= 0.3 is 0 Å². The highest BCUT2D eigenvalue weighted by Crippen LogP contribution is 2.39. The van der Waals surface area contributed by atoms with Gasteiger partial charge in [0.1, 0.15) is 0 Å². The number of halogens is 4. The largest absolute Gasteiger partial charge is 0.189 e. The summed E-state index contributed by atoms with van der Waals surface area (Å²) in [5.41, 5.74) is 0. The molecule has 52 valence electrons. The fraction of sp³-hybridized carbons (Fsp3) is 1.00. The Morgan fingerprint density at radius 3 is 1.00 bits per heavy atom. The van der Waals surface area contributed by atoms with E-state index in [1.165, 1.54) is 0 Å². The van der Waals surface area contributed by atoms with Gasteiger partial charge in [-0.25, -0.2) is 0 Å². The van der Waals surface area contributed by atoms with Crippen molar-refractivity contribution in [3.63, 3.8) is 0 Å². The molecule has 0 saturated carbocycles. The minimum atomic E-state index is -0.250. The highest BCUT2D eigenvalue weighted by Gasteiger charge is 2.08. The first-order valence-corrected chi connectivity index (χ1v) is 6.38. The third kappa shape index (κ3) is 84.8. The molecule has 0 heterocycles. The van der Waals surface area contributed by atoms with Crippen molar-refractivity contribution in [1.82, 2.24) is 0 Å². The number of alkyl halides is 4. The van der Waals surface area contributed by atoms with Gasteiger partial charge < -0.3 is 0 Å². The minimum Gasteiger partial charge on any atom is -0.169 e. The van der Waals surface area contributed by atoms with E-state index < -0.39 is 0 Å². The van der Waals surface area contributed by atoms with Crippen molar-refractivity contribution in [2.75, 3.05) is 12.5 Å². The molecule has 0 aromatic carbocycles. The van der Waals surface area contributed by atoms with Crippen LogP contribution in [0.4, 0.5) is 0 Å². The highest BCUT2D eigenvalue weighted by molar-refractivity contribution is 9.52. The Labute approximate surface area is 88.1 Å². The molecule has 0 aromatic rings. The van der Waals surface area contributed by atoms with Crippen LogP contribution in [-0.2, 0) is 0 Å². The summed E-state index contributed by atoms with van der Waals surface area (Å²) < 4.78 is -0.250. The second-order valence-electron chi connectivity index (χ2n) is 0.837. The average molecular weight is 394 g/mol. The molecule has 0 amide bonds. The van der Waals surface area contributed by atoms with Crippen molar-refractivity contribution in [3.05, 3.63) is 0 Å². The van der Waals surface area contributed by atoms with Crippen LogP contribution in [0.15, 0.2) is 0 Å². The van der Waals surface area contributed by atoms with Gasteiger partial charge in [0, 0.05) is 0 Å². The molecule has 0 aliphatic carbocycles. The highest BCUT2D eigenvalue weighted by atomic mass is 80.0. The molecule has 0 aliphatic heterocycles. The molecule has 0 atom stereocenters. The summed E-state index contributed by atoms with van der Waals surface area (Å²) in [5, 5.41) is 0. The Morgan fingerprint density at radius 1 is 1.00 bits per heavy atom. The van der Waals surface area contributed by atoms with Crippen LogP contribution in [0.1, 0.15) is 0 Å². The smallest absolute Gasteiger partial charge is 0.169 e. The molecule has 0 radical (unpaired) electrons. The lowest BCUT2D eigenvalue weighted by Gasteiger charge is -1.93. The fourth-order valence-electron chi connectivity index (χ4n) is 0. The number of hydrogen-bond donors (Lipinski definition) is 0. The molecule has 0 N–H and O–H groups in total. The van der Waals surface area contributed by atoms with Crippen LogP contribution in [-0.4, -0.2) is 13.6 Å². The zero-order chi connectivity index (χ0) is 7.21. The maximum atomic E-state index is 3.12. The van der Waals surface area contributed by atoms with Gasteiger partial charge in [0.05, 0.1) is 0 Å². The lowest BCUT2D eigenvalue weighted by atomic mass is 11.9. The lowest BCUT2D eigenvalue weighted by molar-refractivity contribution is 2.14. The SMILES string of the molecule is BrC(Br)(Br)Br.CSC. The summed E-state index contributed by atoms with van der Waals surface area (Å²) in [5.74, 6) is 0. The molecule has 5 heteroatoms. The standard InChI is InChI=1S/C2H6S.CBr4/c1-3-2;2-1(3,4)5/h1-2H3;. The molecule has 0 nitrogen and oxygen atoms in total. The van der Waals surface area contributed by atoms with E-state index in [-0.39, 0.29) is 1.05 Å². The van der Waals surface area contributed by atoms with E-state index in [1.54, 1.807) is 11.8 Å². The summed E-state index contributed by atoms with van der Waals surface area (Å²) in [6.45, 7) is 0. The summed E-state index contributed by atoms with van der Waals surface area (Å²) in [7, 11) is 0. The Morgan fingerprint density at radius 2 is 1.00 bits per heavy atom. The molecule has 8 heavy (non-hydrogen) atoms. The monoisotopic (exact) mass is 390 g/mol. The second kappa shape index (κ2) is 7.38. The average Bonchev–Trinajstić information content (AvgIpc) is 1.27. The molecule has 0 aliphatic rings. The maximum absolute atomic E-state index is 3.12. The Kier molecular flexibility index (Phi) is 11.9. The normalized spacial score (nSPS) is 9.75. The fourth-order valence-corrected chi connectivity index (χ4v) is 0. The van der Waals surface area contributed by atoms with Crippen molar-refractivity contribution in [3.8, 4) is 0 Å². The van der Waals surface area contributed by atoms with Gasteiger partial charge in [-0.15, -0.1) is 0 Å². The van der Waals surface area contributed by atoms with Crippen LogP contribution in [0.2, 0.25) is 0 Å². The van der Waals surface area contributed by atoms with Crippen molar-refractivity contribution in [1.29, 1.82) is 0 Å². The summed E-state index contributed by atoms with van der Waals surface area (Å²) >= 11 is 14.2. The quantitative estimate of drug-likeness (QED) is 0.557. The summed E-state index contributed by atoms with van der Waals surface area (Å²) in [4.78, 5) is 0. The van der Waals surface area contributed by atoms with Crippen LogP contribution < -0.4 is 0 Å². The minimum absolute atomic E-state index is 0.250. The molecule has 0 aromatic heterocycles. The van der Waals surface area contributed by atoms with Crippen LogP contribution in [0.3, 0.4) is 0 Å². The molecule has 0 bridgehead atoms. The van der Waals surface area contributed by atoms with Crippen LogP contribution in [0.25, 0.3) is 0 Å². The summed E-state index contributed by atoms with van der Waals surface area (Å²) in [6, 6.07) is 0. The van der Waals surface area contributed by atoms with Crippen LogP contribution >= 0.6 is 75.5 Å². The van der Waals surface area contributed by atoms with Gasteiger partial charge in [-0.2, -0.15) is 11.8 Å². The van der Waals surface area contributed by atoms with E-state index in [2.05, 4.69) is 63.7 Å². The molecule has 0 fully saturated rings. The molecule has 0 saturated heterocycles. The van der Waals surface area contributed by atoms with Gasteiger partial charge in [0.15, 0.2) is 1.05 Å². The molecule has 0 spiro atoms. The van der Waals surface area contributed by atoms with Crippen molar-refractivity contribution in [2.24, 2.45) is 0 Å². The van der Waals surface area contributed by atoms with E-state index in [0.29, 0.717) is 0 Å². The van der Waals surface area contributed by atoms with Crippen molar-refractivity contribution < 1.29 is 0 Å². The predicted molar refractivity (Wildman–Crippen MR) is 57.9 cm³/mol. The van der Waals surface area contributed by atoms with Gasteiger partial charge in [-0.05, 0) is 76.2 Å². The van der Waals surface area contributed by atoms with Crippen molar-refractivity contribution in [2.45, 2.75) is 1.05 Å². The third-order valence-electron chi connectivity index (χ3n) is 0. The predicted octanol–water partition coefficient (Wildman–Crippen LogP) is 4.16. The Hall–Kier alpha value is 2.27. The first-order valence-electron chi connectivity index (χ1n) is 1.57. The van der Waals surface area contributed by atoms with Gasteiger partial charge in [-0.3, -0.25) is 0 Å². The van der Waals surface area contributed by atoms with Gasteiger partial charge in [-0.1, -0.05) is 0 Å². The van der Waals surface area contributed by atoms with Gasteiger partial charge in [0.2, 0.25) is 0 Å². The Bertz CT molecular complexity index is 35.0. The van der Waals surface area contributed by atoms with E-state index >= 15 is 0 Å². The number of hydrogen-bond acceptors (Lipinski definition) is 1. The third-order valence-corrected chi connectivity index (χ3v) is 0. The number of rotatable bonds is 0. The van der Waals surface area contributed by atoms with Crippen LogP contribution in [0, 0.1) is 0 Å². The molecule has 0 rings (SSSR count). The van der Waals surface area contributed by atoms with E-state index in [0.717, 1.165) is 0 Å². The van der Waals surface area contributed by atoms with Crippen molar-refractivity contribution >= 4 is 75.5 Å². The van der Waals surface area contributed by atoms with E-state index in [9.17, 15) is 0 Å². The molecular formula is C3H6Br4S.